The molecule has 0 radical (unpaired) electrons. The van der Waals surface area contributed by atoms with Crippen molar-refractivity contribution >= 4 is 5.91 Å². The van der Waals surface area contributed by atoms with Crippen molar-refractivity contribution in [3.63, 3.8) is 0 Å². The van der Waals surface area contributed by atoms with E-state index in [2.05, 4.69) is 45.1 Å². The third kappa shape index (κ3) is 2.35. The zero-order valence-electron chi connectivity index (χ0n) is 13.0. The van der Waals surface area contributed by atoms with Gasteiger partial charge in [0.1, 0.15) is 5.54 Å². The summed E-state index contributed by atoms with van der Waals surface area (Å²) in [4.78, 5) is 12.3. The lowest BCUT2D eigenvalue weighted by molar-refractivity contribution is -0.126. The molecule has 1 aliphatic rings. The third-order valence-electron chi connectivity index (χ3n) is 4.77. The number of primary amides is 1. The van der Waals surface area contributed by atoms with Crippen LogP contribution in [0.3, 0.4) is 0 Å². The van der Waals surface area contributed by atoms with Crippen LogP contribution in [0.2, 0.25) is 0 Å². The average Bonchev–Trinajstić information content (AvgIpc) is 2.42. The molecule has 2 unspecified atom stereocenters. The van der Waals surface area contributed by atoms with E-state index in [1.54, 1.807) is 0 Å². The Morgan fingerprint density at radius 2 is 1.90 bits per heavy atom. The first-order valence-electron chi connectivity index (χ1n) is 7.51. The molecule has 1 aromatic carbocycles. The molecule has 0 fully saturated rings. The van der Waals surface area contributed by atoms with Crippen molar-refractivity contribution in [1.29, 1.82) is 0 Å². The minimum absolute atomic E-state index is 0.0900. The molecule has 2 atom stereocenters. The number of benzene rings is 1. The maximum atomic E-state index is 12.3. The first-order valence-corrected chi connectivity index (χ1v) is 7.51. The topological polar surface area (TPSA) is 55.1 Å². The molecule has 1 aromatic rings. The van der Waals surface area contributed by atoms with E-state index in [4.69, 9.17) is 5.73 Å². The van der Waals surface area contributed by atoms with Gasteiger partial charge in [0.15, 0.2) is 0 Å². The molecule has 20 heavy (non-hydrogen) atoms. The Morgan fingerprint density at radius 3 is 2.45 bits per heavy atom. The van der Waals surface area contributed by atoms with Crippen LogP contribution in [0.15, 0.2) is 24.3 Å². The lowest BCUT2D eigenvalue weighted by atomic mass is 9.65. The largest absolute Gasteiger partial charge is 0.368 e. The van der Waals surface area contributed by atoms with E-state index in [9.17, 15) is 4.79 Å². The molecule has 0 aliphatic heterocycles. The van der Waals surface area contributed by atoms with Crippen molar-refractivity contribution in [3.8, 4) is 0 Å². The van der Waals surface area contributed by atoms with Crippen LogP contribution in [0, 0.1) is 0 Å². The van der Waals surface area contributed by atoms with Gasteiger partial charge < -0.3 is 5.73 Å². The molecule has 1 aliphatic carbocycles. The average molecular weight is 274 g/mol. The summed E-state index contributed by atoms with van der Waals surface area (Å²) in [6.45, 7) is 8.69. The lowest BCUT2D eigenvalue weighted by Gasteiger charge is -2.45. The number of nitrogens with one attached hydrogen (secondary N) is 1. The minimum Gasteiger partial charge on any atom is -0.368 e. The molecular weight excluding hydrogens is 248 g/mol. The normalized spacial score (nSPS) is 25.8. The Bertz CT molecular complexity index is 509. The SMILES string of the molecule is CCC(C)NC1(C(N)=O)CCC(C)(C)c2ccccc21. The second-order valence-electron chi connectivity index (χ2n) is 6.65. The highest BCUT2D eigenvalue weighted by molar-refractivity contribution is 5.87. The van der Waals surface area contributed by atoms with Crippen LogP contribution in [0.1, 0.15) is 58.1 Å². The van der Waals surface area contributed by atoms with Gasteiger partial charge in [0.25, 0.3) is 0 Å². The second kappa shape index (κ2) is 5.21. The Kier molecular flexibility index (Phi) is 3.92. The number of rotatable bonds is 4. The van der Waals surface area contributed by atoms with E-state index in [-0.39, 0.29) is 17.4 Å². The molecule has 3 N–H and O–H groups in total. The highest BCUT2D eigenvalue weighted by atomic mass is 16.1. The number of fused-ring (bicyclic) bond motifs is 1. The summed E-state index contributed by atoms with van der Waals surface area (Å²) in [5, 5.41) is 3.50. The van der Waals surface area contributed by atoms with Crippen molar-refractivity contribution in [1.82, 2.24) is 5.32 Å². The monoisotopic (exact) mass is 274 g/mol. The standard InChI is InChI=1S/C17H26N2O/c1-5-12(2)19-17(15(18)20)11-10-16(3,4)13-8-6-7-9-14(13)17/h6-9,12,19H,5,10-11H2,1-4H3,(H2,18,20). The molecule has 3 heteroatoms. The van der Waals surface area contributed by atoms with Gasteiger partial charge in [-0.1, -0.05) is 45.0 Å². The van der Waals surface area contributed by atoms with Gasteiger partial charge in [-0.05, 0) is 42.7 Å². The maximum absolute atomic E-state index is 12.3. The van der Waals surface area contributed by atoms with E-state index >= 15 is 0 Å². The molecule has 2 rings (SSSR count). The Hall–Kier alpha value is -1.35. The molecule has 110 valence electrons. The van der Waals surface area contributed by atoms with Crippen LogP contribution in [0.4, 0.5) is 0 Å². The number of nitrogens with two attached hydrogens (primary N) is 1. The molecule has 0 spiro atoms. The first kappa shape index (κ1) is 15.0. The zero-order chi connectivity index (χ0) is 15.0. The number of hydrogen-bond donors (Lipinski definition) is 2. The smallest absolute Gasteiger partial charge is 0.242 e. The molecule has 3 nitrogen and oxygen atoms in total. The summed E-state index contributed by atoms with van der Waals surface area (Å²) in [5.41, 5.74) is 7.47. The number of amides is 1. The predicted octanol–water partition coefficient (Wildman–Crippen LogP) is 2.83. The van der Waals surface area contributed by atoms with Crippen molar-refractivity contribution in [3.05, 3.63) is 35.4 Å². The van der Waals surface area contributed by atoms with E-state index < -0.39 is 5.54 Å². The fraction of sp³-hybridized carbons (Fsp3) is 0.588. The van der Waals surface area contributed by atoms with Gasteiger partial charge in [-0.2, -0.15) is 0 Å². The molecule has 0 saturated carbocycles. The zero-order valence-corrected chi connectivity index (χ0v) is 13.0. The van der Waals surface area contributed by atoms with Gasteiger partial charge in [0.05, 0.1) is 0 Å². The summed E-state index contributed by atoms with van der Waals surface area (Å²) in [6.07, 6.45) is 2.69. The van der Waals surface area contributed by atoms with Crippen molar-refractivity contribution in [2.45, 2.75) is 64.0 Å². The molecule has 1 amide bonds. The number of carbonyl (C=O) groups excluding carboxylic acids is 1. The molecular formula is C17H26N2O. The molecule has 0 heterocycles. The van der Waals surface area contributed by atoms with Crippen molar-refractivity contribution < 1.29 is 4.79 Å². The van der Waals surface area contributed by atoms with E-state index in [1.807, 2.05) is 12.1 Å². The Balaban J connectivity index is 2.57. The quantitative estimate of drug-likeness (QED) is 0.887. The molecule has 0 aromatic heterocycles. The van der Waals surface area contributed by atoms with E-state index in [0.29, 0.717) is 0 Å². The summed E-state index contributed by atoms with van der Waals surface area (Å²) < 4.78 is 0. The highest BCUT2D eigenvalue weighted by Crippen LogP contribution is 2.44. The fourth-order valence-corrected chi connectivity index (χ4v) is 3.21. The van der Waals surface area contributed by atoms with Crippen LogP contribution in [-0.2, 0) is 15.7 Å². The van der Waals surface area contributed by atoms with Crippen LogP contribution in [-0.4, -0.2) is 11.9 Å². The van der Waals surface area contributed by atoms with Gasteiger partial charge in [-0.3, -0.25) is 10.1 Å². The molecule has 0 saturated heterocycles. The summed E-state index contributed by atoms with van der Waals surface area (Å²) in [6, 6.07) is 8.48. The van der Waals surface area contributed by atoms with Gasteiger partial charge in [0.2, 0.25) is 5.91 Å². The summed E-state index contributed by atoms with van der Waals surface area (Å²) in [5.74, 6) is -0.263. The van der Waals surface area contributed by atoms with Gasteiger partial charge in [-0.25, -0.2) is 0 Å². The van der Waals surface area contributed by atoms with Crippen LogP contribution in [0.25, 0.3) is 0 Å². The summed E-state index contributed by atoms with van der Waals surface area (Å²) >= 11 is 0. The number of carbonyl (C=O) groups is 1. The Morgan fingerprint density at radius 1 is 1.30 bits per heavy atom. The van der Waals surface area contributed by atoms with E-state index in [0.717, 1.165) is 24.8 Å². The third-order valence-corrected chi connectivity index (χ3v) is 4.77. The second-order valence-corrected chi connectivity index (χ2v) is 6.65. The van der Waals surface area contributed by atoms with Crippen molar-refractivity contribution in [2.24, 2.45) is 5.73 Å². The lowest BCUT2D eigenvalue weighted by Crippen LogP contribution is -2.58. The predicted molar refractivity (Wildman–Crippen MR) is 82.5 cm³/mol. The highest BCUT2D eigenvalue weighted by Gasteiger charge is 2.47. The first-order chi connectivity index (χ1) is 9.33. The van der Waals surface area contributed by atoms with Gasteiger partial charge in [0, 0.05) is 6.04 Å². The minimum atomic E-state index is -0.721. The summed E-state index contributed by atoms with van der Waals surface area (Å²) in [7, 11) is 0. The number of hydrogen-bond acceptors (Lipinski definition) is 2. The van der Waals surface area contributed by atoms with Crippen LogP contribution >= 0.6 is 0 Å². The van der Waals surface area contributed by atoms with E-state index in [1.165, 1.54) is 5.56 Å². The fourth-order valence-electron chi connectivity index (χ4n) is 3.21. The van der Waals surface area contributed by atoms with Crippen molar-refractivity contribution in [2.75, 3.05) is 0 Å². The van der Waals surface area contributed by atoms with Crippen LogP contribution < -0.4 is 11.1 Å². The Labute approximate surface area is 121 Å². The van der Waals surface area contributed by atoms with Crippen LogP contribution in [0.5, 0.6) is 0 Å². The van der Waals surface area contributed by atoms with Gasteiger partial charge in [-0.15, -0.1) is 0 Å². The molecule has 0 bridgehead atoms. The maximum Gasteiger partial charge on any atom is 0.242 e. The van der Waals surface area contributed by atoms with Gasteiger partial charge >= 0.3 is 0 Å².